The largest absolute Gasteiger partial charge is 0.478 e. The first kappa shape index (κ1) is 9.51. The van der Waals surface area contributed by atoms with E-state index in [1.54, 1.807) is 30.3 Å². The summed E-state index contributed by atoms with van der Waals surface area (Å²) in [4.78, 5) is 22.1. The fourth-order valence-electron chi connectivity index (χ4n) is 1.54. The van der Waals surface area contributed by atoms with E-state index in [2.05, 4.69) is 5.32 Å². The highest BCUT2D eigenvalue weighted by atomic mass is 16.6. The van der Waals surface area contributed by atoms with Crippen LogP contribution in [0.15, 0.2) is 30.3 Å². The van der Waals surface area contributed by atoms with Gasteiger partial charge in [0.15, 0.2) is 0 Å². The lowest BCUT2D eigenvalue weighted by molar-refractivity contribution is -0.155. The Kier molecular flexibility index (Phi) is 2.07. The Balaban J connectivity index is 2.45. The average Bonchev–Trinajstić information content (AvgIpc) is 2.63. The predicted octanol–water partition coefficient (Wildman–Crippen LogP) is 0.706. The maximum atomic E-state index is 11.2. The van der Waals surface area contributed by atoms with Crippen LogP contribution in [0.2, 0.25) is 0 Å². The molecule has 5 nitrogen and oxygen atoms in total. The number of carboxylic acid groups (broad SMARTS) is 1. The molecule has 0 bridgehead atoms. The zero-order valence-corrected chi connectivity index (χ0v) is 7.77. The number of nitrogens with one attached hydrogen (secondary N) is 1. The van der Waals surface area contributed by atoms with Crippen molar-refractivity contribution >= 4 is 12.1 Å². The van der Waals surface area contributed by atoms with Crippen LogP contribution in [0.1, 0.15) is 5.56 Å². The molecule has 2 N–H and O–H groups in total. The van der Waals surface area contributed by atoms with Crippen LogP contribution in [0.3, 0.4) is 0 Å². The molecule has 0 aromatic heterocycles. The third-order valence-electron chi connectivity index (χ3n) is 2.33. The summed E-state index contributed by atoms with van der Waals surface area (Å²) in [7, 11) is 0. The highest BCUT2D eigenvalue weighted by Crippen LogP contribution is 2.29. The number of amides is 1. The van der Waals surface area contributed by atoms with Gasteiger partial charge in [-0.25, -0.2) is 9.59 Å². The van der Waals surface area contributed by atoms with Crippen molar-refractivity contribution in [3.8, 4) is 0 Å². The van der Waals surface area contributed by atoms with Gasteiger partial charge in [-0.3, -0.25) is 0 Å². The summed E-state index contributed by atoms with van der Waals surface area (Å²) >= 11 is 0. The van der Waals surface area contributed by atoms with Gasteiger partial charge in [0.25, 0.3) is 5.60 Å². The van der Waals surface area contributed by atoms with Crippen molar-refractivity contribution in [2.75, 3.05) is 6.54 Å². The number of carboxylic acids is 1. The van der Waals surface area contributed by atoms with E-state index >= 15 is 0 Å². The van der Waals surface area contributed by atoms with Crippen LogP contribution in [0.25, 0.3) is 0 Å². The van der Waals surface area contributed by atoms with E-state index in [0.717, 1.165) is 0 Å². The number of ether oxygens (including phenoxy) is 1. The zero-order chi connectivity index (χ0) is 10.9. The minimum absolute atomic E-state index is 0.0504. The highest BCUT2D eigenvalue weighted by molar-refractivity contribution is 5.86. The third kappa shape index (κ3) is 1.41. The second kappa shape index (κ2) is 3.27. The molecule has 5 heteroatoms. The molecular weight excluding hydrogens is 198 g/mol. The zero-order valence-electron chi connectivity index (χ0n) is 7.77. The fourth-order valence-corrected chi connectivity index (χ4v) is 1.54. The van der Waals surface area contributed by atoms with Gasteiger partial charge < -0.3 is 15.2 Å². The number of carbonyl (C=O) groups is 2. The Morgan fingerprint density at radius 1 is 1.40 bits per heavy atom. The molecule has 1 unspecified atom stereocenters. The number of hydrogen-bond donors (Lipinski definition) is 2. The van der Waals surface area contributed by atoms with Crippen LogP contribution >= 0.6 is 0 Å². The van der Waals surface area contributed by atoms with Gasteiger partial charge >= 0.3 is 12.1 Å². The van der Waals surface area contributed by atoms with E-state index in [4.69, 9.17) is 9.84 Å². The molecule has 2 rings (SSSR count). The van der Waals surface area contributed by atoms with Gasteiger partial charge in [0.2, 0.25) is 0 Å². The van der Waals surface area contributed by atoms with Crippen molar-refractivity contribution in [2.24, 2.45) is 0 Å². The molecule has 78 valence electrons. The lowest BCUT2D eigenvalue weighted by atomic mass is 9.94. The first-order valence-electron chi connectivity index (χ1n) is 4.41. The van der Waals surface area contributed by atoms with Gasteiger partial charge in [-0.15, -0.1) is 0 Å². The van der Waals surface area contributed by atoms with E-state index in [1.165, 1.54) is 0 Å². The first-order valence-corrected chi connectivity index (χ1v) is 4.41. The summed E-state index contributed by atoms with van der Waals surface area (Å²) in [5, 5.41) is 11.5. The molecule has 15 heavy (non-hydrogen) atoms. The number of rotatable bonds is 2. The van der Waals surface area contributed by atoms with Crippen LogP contribution < -0.4 is 5.32 Å². The number of alkyl carbamates (subject to hydrolysis) is 1. The second-order valence-electron chi connectivity index (χ2n) is 3.24. The van der Waals surface area contributed by atoms with Crippen molar-refractivity contribution in [2.45, 2.75) is 5.60 Å². The number of benzene rings is 1. The van der Waals surface area contributed by atoms with E-state index in [0.29, 0.717) is 5.56 Å². The summed E-state index contributed by atoms with van der Waals surface area (Å²) < 4.78 is 4.85. The van der Waals surface area contributed by atoms with E-state index in [1.807, 2.05) is 0 Å². The normalized spacial score (nSPS) is 24.4. The van der Waals surface area contributed by atoms with Crippen molar-refractivity contribution in [1.82, 2.24) is 5.32 Å². The minimum Gasteiger partial charge on any atom is -0.478 e. The summed E-state index contributed by atoms with van der Waals surface area (Å²) in [5.74, 6) is -1.17. The van der Waals surface area contributed by atoms with Crippen molar-refractivity contribution in [3.63, 3.8) is 0 Å². The van der Waals surface area contributed by atoms with E-state index in [9.17, 15) is 9.59 Å². The Morgan fingerprint density at radius 3 is 2.53 bits per heavy atom. The van der Waals surface area contributed by atoms with Gasteiger partial charge in [-0.2, -0.15) is 0 Å². The molecule has 1 atom stereocenters. The molecule has 1 aromatic rings. The molecule has 0 saturated carbocycles. The topological polar surface area (TPSA) is 75.6 Å². The summed E-state index contributed by atoms with van der Waals surface area (Å²) in [6.45, 7) is -0.0504. The fraction of sp³-hybridized carbons (Fsp3) is 0.200. The molecule has 0 aliphatic carbocycles. The first-order chi connectivity index (χ1) is 7.15. The number of hydrogen-bond acceptors (Lipinski definition) is 3. The molecule has 1 aliphatic rings. The lowest BCUT2D eigenvalue weighted by Crippen LogP contribution is -2.39. The second-order valence-corrected chi connectivity index (χ2v) is 3.24. The Morgan fingerprint density at radius 2 is 2.07 bits per heavy atom. The highest BCUT2D eigenvalue weighted by Gasteiger charge is 2.49. The number of carbonyl (C=O) groups excluding carboxylic acids is 1. The van der Waals surface area contributed by atoms with Crippen LogP contribution in [-0.2, 0) is 15.1 Å². The SMILES string of the molecule is O=C1NCC(C(=O)O)(c2ccccc2)O1. The maximum Gasteiger partial charge on any atom is 0.408 e. The monoisotopic (exact) mass is 207 g/mol. The van der Waals surface area contributed by atoms with Crippen molar-refractivity contribution < 1.29 is 19.4 Å². The van der Waals surface area contributed by atoms with E-state index < -0.39 is 17.7 Å². The Bertz CT molecular complexity index is 403. The van der Waals surface area contributed by atoms with Crippen LogP contribution in [-0.4, -0.2) is 23.7 Å². The average molecular weight is 207 g/mol. The predicted molar refractivity (Wildman–Crippen MR) is 50.2 cm³/mol. The minimum atomic E-state index is -1.58. The molecule has 0 spiro atoms. The number of cyclic esters (lactones) is 1. The number of aliphatic carboxylic acids is 1. The van der Waals surface area contributed by atoms with E-state index in [-0.39, 0.29) is 6.54 Å². The Hall–Kier alpha value is -2.04. The summed E-state index contributed by atoms with van der Waals surface area (Å²) in [5.41, 5.74) is -1.13. The molecule has 1 aliphatic heterocycles. The van der Waals surface area contributed by atoms with Gasteiger partial charge in [-0.05, 0) is 0 Å². The maximum absolute atomic E-state index is 11.2. The third-order valence-corrected chi connectivity index (χ3v) is 2.33. The van der Waals surface area contributed by atoms with Gasteiger partial charge in [0.1, 0.15) is 0 Å². The summed E-state index contributed by atoms with van der Waals surface area (Å²) in [6.07, 6.45) is -0.707. The summed E-state index contributed by atoms with van der Waals surface area (Å²) in [6, 6.07) is 8.41. The quantitative estimate of drug-likeness (QED) is 0.748. The van der Waals surface area contributed by atoms with Gasteiger partial charge in [0.05, 0.1) is 6.54 Å². The molecule has 1 saturated heterocycles. The molecule has 0 radical (unpaired) electrons. The van der Waals surface area contributed by atoms with Gasteiger partial charge in [-0.1, -0.05) is 30.3 Å². The molecule has 1 aromatic carbocycles. The van der Waals surface area contributed by atoms with Gasteiger partial charge in [0, 0.05) is 5.56 Å². The molecule has 1 fully saturated rings. The molecule has 1 amide bonds. The van der Waals surface area contributed by atoms with Crippen molar-refractivity contribution in [3.05, 3.63) is 35.9 Å². The lowest BCUT2D eigenvalue weighted by Gasteiger charge is -2.21. The van der Waals surface area contributed by atoms with Crippen LogP contribution in [0, 0.1) is 0 Å². The Labute approximate surface area is 85.7 Å². The molecule has 1 heterocycles. The smallest absolute Gasteiger partial charge is 0.408 e. The standard InChI is InChI=1S/C10H9NO4/c12-8(13)10(6-11-9(14)15-10)7-4-2-1-3-5-7/h1-5H,6H2,(H,11,14)(H,12,13). The van der Waals surface area contributed by atoms with Crippen LogP contribution in [0.4, 0.5) is 4.79 Å². The molecular formula is C10H9NO4. The van der Waals surface area contributed by atoms with Crippen molar-refractivity contribution in [1.29, 1.82) is 0 Å². The van der Waals surface area contributed by atoms with Crippen LogP contribution in [0.5, 0.6) is 0 Å².